The van der Waals surface area contributed by atoms with Gasteiger partial charge < -0.3 is 12.1 Å². The zero-order valence-corrected chi connectivity index (χ0v) is 16.2. The number of nitrogens with zero attached hydrogens (tertiary/aromatic N) is 1. The van der Waals surface area contributed by atoms with Gasteiger partial charge in [-0.3, -0.25) is 18.9 Å². The van der Waals surface area contributed by atoms with E-state index in [-0.39, 0.29) is 69.9 Å². The molecule has 2 rings (SSSR count). The summed E-state index contributed by atoms with van der Waals surface area (Å²) in [6, 6.07) is 3.47. The number of hydrogen-bond acceptors (Lipinski definition) is 6. The predicted octanol–water partition coefficient (Wildman–Crippen LogP) is -4.39. The van der Waals surface area contributed by atoms with Crippen LogP contribution >= 0.6 is 11.3 Å². The molecule has 1 aromatic heterocycles. The average molecular weight is 373 g/mol. The molecule has 3 amide bonds. The van der Waals surface area contributed by atoms with Crippen molar-refractivity contribution in [2.75, 3.05) is 6.54 Å². The summed E-state index contributed by atoms with van der Waals surface area (Å²) in [4.78, 5) is 35.0. The molecule has 116 valence electrons. The largest absolute Gasteiger partial charge is 1.00 e. The first-order valence-electron chi connectivity index (χ1n) is 5.63. The first-order valence-corrected chi connectivity index (χ1v) is 7.90. The Kier molecular flexibility index (Phi) is 6.70. The maximum absolute atomic E-state index is 11.9. The molecule has 0 bridgehead atoms. The minimum absolute atomic E-state index is 0. The Bertz CT molecular complexity index is 683. The molecule has 3 N–H and O–H groups in total. The van der Waals surface area contributed by atoms with Gasteiger partial charge in [-0.2, -0.15) is 8.42 Å². The van der Waals surface area contributed by atoms with Crippen molar-refractivity contribution >= 4 is 39.9 Å². The van der Waals surface area contributed by atoms with Crippen LogP contribution in [0.5, 0.6) is 0 Å². The van der Waals surface area contributed by atoms with Crippen molar-refractivity contribution in [2.24, 2.45) is 0 Å². The van der Waals surface area contributed by atoms with E-state index in [9.17, 15) is 22.8 Å². The third kappa shape index (κ3) is 4.14. The zero-order chi connectivity index (χ0) is 15.7. The summed E-state index contributed by atoms with van der Waals surface area (Å²) in [5.41, 5.74) is -1.84. The molecule has 0 aliphatic carbocycles. The Morgan fingerprint density at radius 1 is 1.59 bits per heavy atom. The summed E-state index contributed by atoms with van der Waals surface area (Å²) in [7, 11) is -4.71. The summed E-state index contributed by atoms with van der Waals surface area (Å²) in [6.45, 7) is -0.570. The number of nitrogens with one attached hydrogen (secondary N) is 2. The van der Waals surface area contributed by atoms with Gasteiger partial charge in [0, 0.05) is 4.88 Å². The molecular weight excluding hydrogens is 361 g/mol. The normalized spacial score (nSPS) is 20.6. The first kappa shape index (κ1) is 19.7. The van der Waals surface area contributed by atoms with Crippen LogP contribution in [0.1, 0.15) is 6.30 Å². The second-order valence-electron chi connectivity index (χ2n) is 4.26. The fraction of sp³-hybridized carbons (Fsp3) is 0.300. The summed E-state index contributed by atoms with van der Waals surface area (Å²) in [5, 5.41) is 6.14. The molecule has 9 nitrogen and oxygen atoms in total. The molecule has 0 radical (unpaired) electrons. The third-order valence-corrected chi connectivity index (χ3v) is 4.55. The molecule has 0 saturated carbocycles. The van der Waals surface area contributed by atoms with Crippen molar-refractivity contribution in [2.45, 2.75) is 12.1 Å². The topological polar surface area (TPSA) is 133 Å². The molecule has 1 aliphatic heterocycles. The van der Waals surface area contributed by atoms with Crippen LogP contribution in [0, 0.1) is 0 Å². The molecular formula is C10H12KN3O6S2. The number of carbonyl (C=O) groups is 3. The Hall–Kier alpha value is -0.344. The van der Waals surface area contributed by atoms with Crippen molar-refractivity contribution in [3.05, 3.63) is 22.4 Å². The monoisotopic (exact) mass is 373 g/mol. The van der Waals surface area contributed by atoms with Crippen LogP contribution in [0.4, 0.5) is 0 Å². The molecule has 1 atom stereocenters. The number of β-lactam (4-membered cyclic amide) rings is 1. The summed E-state index contributed by atoms with van der Waals surface area (Å²) in [6.07, 6.45) is 0.157. The van der Waals surface area contributed by atoms with Gasteiger partial charge in [-0.05, 0) is 11.4 Å². The molecule has 1 aliphatic rings. The van der Waals surface area contributed by atoms with Crippen LogP contribution in [0.25, 0.3) is 0 Å². The van der Waals surface area contributed by atoms with Gasteiger partial charge >= 0.3 is 61.7 Å². The van der Waals surface area contributed by atoms with Gasteiger partial charge in [0.15, 0.2) is 0 Å². The fourth-order valence-corrected chi connectivity index (χ4v) is 3.28. The van der Waals surface area contributed by atoms with Crippen molar-refractivity contribution in [3.8, 4) is 0 Å². The second kappa shape index (κ2) is 7.48. The Morgan fingerprint density at radius 2 is 2.27 bits per heavy atom. The molecule has 0 aromatic carbocycles. The van der Waals surface area contributed by atoms with Gasteiger partial charge in [0.05, 0.1) is 13.0 Å². The number of carbonyl (C=O) groups excluding carboxylic acids is 3. The van der Waals surface area contributed by atoms with E-state index < -0.39 is 34.3 Å². The van der Waals surface area contributed by atoms with E-state index in [0.29, 0.717) is 0 Å². The van der Waals surface area contributed by atoms with E-state index in [1.165, 1.54) is 11.3 Å². The maximum Gasteiger partial charge on any atom is 1.00 e. The summed E-state index contributed by atoms with van der Waals surface area (Å²) >= 11 is 1.34. The SMILES string of the molecule is O=CNC1(NC(=O)Cc2cccs2)CN(S(=O)(=O)O)C1=O.[H-].[K+]. The van der Waals surface area contributed by atoms with Crippen LogP contribution < -0.4 is 62.0 Å². The molecule has 1 fully saturated rings. The van der Waals surface area contributed by atoms with Gasteiger partial charge in [0.25, 0.3) is 5.91 Å². The van der Waals surface area contributed by atoms with E-state index in [4.69, 9.17) is 4.55 Å². The molecule has 1 saturated heterocycles. The van der Waals surface area contributed by atoms with E-state index in [0.717, 1.165) is 4.88 Å². The van der Waals surface area contributed by atoms with Gasteiger partial charge in [-0.25, -0.2) is 4.31 Å². The van der Waals surface area contributed by atoms with Crippen LogP contribution in [0.2, 0.25) is 0 Å². The van der Waals surface area contributed by atoms with Crippen molar-refractivity contribution < 1.29 is 80.2 Å². The number of rotatable bonds is 6. The molecule has 22 heavy (non-hydrogen) atoms. The van der Waals surface area contributed by atoms with Crippen LogP contribution in [-0.2, 0) is 31.1 Å². The van der Waals surface area contributed by atoms with Crippen LogP contribution in [0.15, 0.2) is 17.5 Å². The zero-order valence-electron chi connectivity index (χ0n) is 12.5. The smallest absolute Gasteiger partial charge is 1.00 e. The van der Waals surface area contributed by atoms with Crippen molar-refractivity contribution in [1.29, 1.82) is 0 Å². The van der Waals surface area contributed by atoms with Gasteiger partial charge in [0.2, 0.25) is 18.0 Å². The average Bonchev–Trinajstić information content (AvgIpc) is 2.86. The van der Waals surface area contributed by atoms with E-state index in [1.54, 1.807) is 17.5 Å². The van der Waals surface area contributed by atoms with E-state index in [2.05, 4.69) is 10.6 Å². The first-order chi connectivity index (χ1) is 9.78. The van der Waals surface area contributed by atoms with Gasteiger partial charge in [0.1, 0.15) is 0 Å². The van der Waals surface area contributed by atoms with E-state index in [1.807, 2.05) is 0 Å². The van der Waals surface area contributed by atoms with Crippen molar-refractivity contribution in [3.63, 3.8) is 0 Å². The van der Waals surface area contributed by atoms with Crippen LogP contribution in [-0.4, -0.2) is 47.7 Å². The molecule has 1 aromatic rings. The molecule has 0 spiro atoms. The Labute approximate surface area is 174 Å². The Morgan fingerprint density at radius 3 is 2.73 bits per heavy atom. The van der Waals surface area contributed by atoms with Crippen LogP contribution in [0.3, 0.4) is 0 Å². The molecule has 2 heterocycles. The number of hydrogen-bond donors (Lipinski definition) is 3. The second-order valence-corrected chi connectivity index (χ2v) is 6.63. The quantitative estimate of drug-likeness (QED) is 0.152. The number of amides is 3. The maximum atomic E-state index is 11.9. The minimum atomic E-state index is -4.71. The standard InChI is InChI=1S/C10H11N3O6S2.K.H/c14-6-11-10(5-13(9(10)16)21(17,18)19)12-8(15)4-7-2-1-3-20-7;;/h1-3,6H,4-5H2,(H,11,14)(H,12,15)(H,17,18,19);;/q;+1;-1. The molecule has 12 heteroatoms. The number of thiophene rings is 1. The van der Waals surface area contributed by atoms with Gasteiger partial charge in [-0.15, -0.1) is 11.3 Å². The summed E-state index contributed by atoms with van der Waals surface area (Å²) in [5.74, 6) is -1.69. The van der Waals surface area contributed by atoms with Gasteiger partial charge in [-0.1, -0.05) is 6.07 Å². The third-order valence-electron chi connectivity index (χ3n) is 2.82. The minimum Gasteiger partial charge on any atom is -1.00 e. The molecule has 1 unspecified atom stereocenters. The van der Waals surface area contributed by atoms with Crippen molar-refractivity contribution in [1.82, 2.24) is 14.9 Å². The Balaban J connectivity index is 0.00000242. The van der Waals surface area contributed by atoms with E-state index >= 15 is 0 Å². The summed E-state index contributed by atoms with van der Waals surface area (Å²) < 4.78 is 30.7. The fourth-order valence-electron chi connectivity index (χ4n) is 1.85. The predicted molar refractivity (Wildman–Crippen MR) is 72.5 cm³/mol.